The smallest absolute Gasteiger partial charge is 0.0860 e. The van der Waals surface area contributed by atoms with Gasteiger partial charge in [-0.05, 0) is 19.8 Å². The Kier molecular flexibility index (Phi) is 3.58. The first-order valence-electron chi connectivity index (χ1n) is 7.26. The summed E-state index contributed by atoms with van der Waals surface area (Å²) in [5.74, 6) is 0. The number of rotatable bonds is 2. The number of piperazine rings is 1. The molecule has 0 amide bonds. The van der Waals surface area contributed by atoms with Crippen LogP contribution in [0.5, 0.6) is 0 Å². The van der Waals surface area contributed by atoms with Gasteiger partial charge in [-0.3, -0.25) is 9.58 Å². The molecular weight excluding hydrogens is 260 g/mol. The highest BCUT2D eigenvalue weighted by Crippen LogP contribution is 2.37. The van der Waals surface area contributed by atoms with Crippen LogP contribution in [0.2, 0.25) is 5.02 Å². The van der Waals surface area contributed by atoms with E-state index in [9.17, 15) is 0 Å². The summed E-state index contributed by atoms with van der Waals surface area (Å²) < 4.78 is 1.95. The number of nitrogens with one attached hydrogen (secondary N) is 1. The number of hydrogen-bond acceptors (Lipinski definition) is 3. The molecule has 1 saturated heterocycles. The second kappa shape index (κ2) is 5.08. The maximum Gasteiger partial charge on any atom is 0.0860 e. The zero-order valence-corrected chi connectivity index (χ0v) is 12.6. The highest BCUT2D eigenvalue weighted by Gasteiger charge is 2.41. The Balaban J connectivity index is 1.84. The van der Waals surface area contributed by atoms with Gasteiger partial charge in [0.2, 0.25) is 0 Å². The molecule has 1 aromatic heterocycles. The lowest BCUT2D eigenvalue weighted by Gasteiger charge is -2.45. The number of nitrogens with zero attached hydrogens (tertiary/aromatic N) is 3. The summed E-state index contributed by atoms with van der Waals surface area (Å²) in [6.45, 7) is 6.23. The molecule has 1 spiro atoms. The van der Waals surface area contributed by atoms with E-state index in [2.05, 4.69) is 15.3 Å². The first kappa shape index (κ1) is 13.4. The number of aryl methyl sites for hydroxylation is 2. The Morgan fingerprint density at radius 3 is 2.74 bits per heavy atom. The molecule has 1 aliphatic heterocycles. The van der Waals surface area contributed by atoms with Crippen molar-refractivity contribution in [2.45, 2.75) is 44.7 Å². The van der Waals surface area contributed by atoms with Crippen LogP contribution in [0.3, 0.4) is 0 Å². The molecule has 5 heteroatoms. The summed E-state index contributed by atoms with van der Waals surface area (Å²) in [5.41, 5.74) is 2.46. The molecule has 19 heavy (non-hydrogen) atoms. The highest BCUT2D eigenvalue weighted by molar-refractivity contribution is 6.31. The van der Waals surface area contributed by atoms with Crippen LogP contribution in [-0.4, -0.2) is 39.9 Å². The van der Waals surface area contributed by atoms with Crippen molar-refractivity contribution in [2.75, 3.05) is 19.6 Å². The van der Waals surface area contributed by atoms with E-state index in [4.69, 9.17) is 11.6 Å². The number of aromatic nitrogens is 2. The normalized spacial score (nSPS) is 23.3. The minimum Gasteiger partial charge on any atom is -0.314 e. The van der Waals surface area contributed by atoms with Crippen molar-refractivity contribution >= 4 is 11.6 Å². The van der Waals surface area contributed by atoms with Gasteiger partial charge in [0, 0.05) is 38.8 Å². The van der Waals surface area contributed by atoms with E-state index in [-0.39, 0.29) is 0 Å². The third-order valence-electron chi connectivity index (χ3n) is 4.82. The summed E-state index contributed by atoms with van der Waals surface area (Å²) in [6.07, 6.45) is 5.34. The Morgan fingerprint density at radius 2 is 2.11 bits per heavy atom. The monoisotopic (exact) mass is 282 g/mol. The van der Waals surface area contributed by atoms with Crippen molar-refractivity contribution in [2.24, 2.45) is 7.05 Å². The molecule has 0 atom stereocenters. The minimum absolute atomic E-state index is 0.361. The molecule has 3 rings (SSSR count). The molecule has 0 unspecified atom stereocenters. The van der Waals surface area contributed by atoms with Crippen LogP contribution < -0.4 is 5.32 Å². The largest absolute Gasteiger partial charge is 0.314 e. The average molecular weight is 283 g/mol. The lowest BCUT2D eigenvalue weighted by Crippen LogP contribution is -2.59. The van der Waals surface area contributed by atoms with Crippen molar-refractivity contribution in [1.82, 2.24) is 20.0 Å². The van der Waals surface area contributed by atoms with E-state index < -0.39 is 0 Å². The predicted octanol–water partition coefficient (Wildman–Crippen LogP) is 2.10. The van der Waals surface area contributed by atoms with Gasteiger partial charge in [-0.25, -0.2) is 0 Å². The van der Waals surface area contributed by atoms with E-state index >= 15 is 0 Å². The summed E-state index contributed by atoms with van der Waals surface area (Å²) in [5, 5.41) is 8.85. The zero-order valence-electron chi connectivity index (χ0n) is 11.9. The summed E-state index contributed by atoms with van der Waals surface area (Å²) in [4.78, 5) is 2.64. The topological polar surface area (TPSA) is 33.1 Å². The molecule has 0 aromatic carbocycles. The van der Waals surface area contributed by atoms with Crippen LogP contribution in [0, 0.1) is 6.92 Å². The maximum atomic E-state index is 6.40. The van der Waals surface area contributed by atoms with E-state index in [1.165, 1.54) is 25.7 Å². The maximum absolute atomic E-state index is 6.40. The van der Waals surface area contributed by atoms with Gasteiger partial charge in [-0.2, -0.15) is 5.10 Å². The second-order valence-electron chi connectivity index (χ2n) is 6.00. The first-order chi connectivity index (χ1) is 9.12. The fraction of sp³-hybridized carbons (Fsp3) is 0.786. The molecule has 4 nitrogen and oxygen atoms in total. The van der Waals surface area contributed by atoms with E-state index in [0.717, 1.165) is 42.6 Å². The van der Waals surface area contributed by atoms with Crippen LogP contribution in [0.1, 0.15) is 37.1 Å². The zero-order chi connectivity index (χ0) is 13.5. The van der Waals surface area contributed by atoms with Crippen LogP contribution in [-0.2, 0) is 13.6 Å². The Labute approximate surface area is 120 Å². The van der Waals surface area contributed by atoms with Gasteiger partial charge in [0.1, 0.15) is 0 Å². The molecule has 1 aromatic rings. The molecule has 106 valence electrons. The summed E-state index contributed by atoms with van der Waals surface area (Å²) in [6, 6.07) is 0. The van der Waals surface area contributed by atoms with Gasteiger partial charge in [-0.15, -0.1) is 0 Å². The standard InChI is InChI=1S/C14H23ClN4/c1-11-13(15)12(18(2)17-11)9-19-8-7-16-10-14(19)5-3-4-6-14/h16H,3-10H2,1-2H3. The van der Waals surface area contributed by atoms with Gasteiger partial charge in [0.15, 0.2) is 0 Å². The Bertz CT molecular complexity index is 462. The fourth-order valence-corrected chi connectivity index (χ4v) is 3.91. The molecule has 2 fully saturated rings. The molecule has 1 aliphatic carbocycles. The summed E-state index contributed by atoms with van der Waals surface area (Å²) in [7, 11) is 2.00. The van der Waals surface area contributed by atoms with Crippen LogP contribution >= 0.6 is 11.6 Å². The van der Waals surface area contributed by atoms with Gasteiger partial charge in [0.05, 0.1) is 16.4 Å². The second-order valence-corrected chi connectivity index (χ2v) is 6.38. The highest BCUT2D eigenvalue weighted by atomic mass is 35.5. The van der Waals surface area contributed by atoms with Crippen LogP contribution in [0.25, 0.3) is 0 Å². The third kappa shape index (κ3) is 2.30. The van der Waals surface area contributed by atoms with E-state index in [0.29, 0.717) is 5.54 Å². The van der Waals surface area contributed by atoms with Crippen molar-refractivity contribution in [1.29, 1.82) is 0 Å². The van der Waals surface area contributed by atoms with Gasteiger partial charge in [-0.1, -0.05) is 24.4 Å². The lowest BCUT2D eigenvalue weighted by molar-refractivity contribution is 0.0550. The van der Waals surface area contributed by atoms with Gasteiger partial charge in [0.25, 0.3) is 0 Å². The van der Waals surface area contributed by atoms with Crippen molar-refractivity contribution in [3.05, 3.63) is 16.4 Å². The fourth-order valence-electron chi connectivity index (χ4n) is 3.69. The minimum atomic E-state index is 0.361. The molecule has 1 saturated carbocycles. The predicted molar refractivity (Wildman–Crippen MR) is 77.4 cm³/mol. The molecule has 2 heterocycles. The molecule has 0 radical (unpaired) electrons. The number of hydrogen-bond donors (Lipinski definition) is 1. The molecule has 0 bridgehead atoms. The molecular formula is C14H23ClN4. The average Bonchev–Trinajstić information content (AvgIpc) is 2.94. The van der Waals surface area contributed by atoms with Crippen LogP contribution in [0.15, 0.2) is 0 Å². The molecule has 1 N–H and O–H groups in total. The summed E-state index contributed by atoms with van der Waals surface area (Å²) >= 11 is 6.40. The van der Waals surface area contributed by atoms with Gasteiger partial charge < -0.3 is 5.32 Å². The van der Waals surface area contributed by atoms with Crippen molar-refractivity contribution in [3.8, 4) is 0 Å². The third-order valence-corrected chi connectivity index (χ3v) is 5.31. The van der Waals surface area contributed by atoms with E-state index in [1.807, 2.05) is 18.7 Å². The SMILES string of the molecule is Cc1nn(C)c(CN2CCNCC23CCCC3)c1Cl. The van der Waals surface area contributed by atoms with Crippen LogP contribution in [0.4, 0.5) is 0 Å². The Hall–Kier alpha value is -0.580. The quantitative estimate of drug-likeness (QED) is 0.902. The van der Waals surface area contributed by atoms with Gasteiger partial charge >= 0.3 is 0 Å². The lowest BCUT2D eigenvalue weighted by atomic mass is 9.92. The van der Waals surface area contributed by atoms with E-state index in [1.54, 1.807) is 0 Å². The van der Waals surface area contributed by atoms with Crippen molar-refractivity contribution in [3.63, 3.8) is 0 Å². The Morgan fingerprint density at radius 1 is 1.37 bits per heavy atom. The molecule has 2 aliphatic rings. The van der Waals surface area contributed by atoms with Crippen molar-refractivity contribution < 1.29 is 0 Å². The first-order valence-corrected chi connectivity index (χ1v) is 7.64. The number of halogens is 1.